The first-order chi connectivity index (χ1) is 9.04. The highest BCUT2D eigenvalue weighted by Gasteiger charge is 2.12. The Morgan fingerprint density at radius 2 is 2.21 bits per heavy atom. The number of nitrogens with zero attached hydrogens (tertiary/aromatic N) is 1. The molecule has 0 aliphatic heterocycles. The molecule has 1 unspecified atom stereocenters. The van der Waals surface area contributed by atoms with Crippen LogP contribution in [0.5, 0.6) is 0 Å². The first-order valence-electron chi connectivity index (χ1n) is 6.03. The van der Waals surface area contributed by atoms with E-state index in [-0.39, 0.29) is 11.9 Å². The van der Waals surface area contributed by atoms with E-state index in [1.54, 1.807) is 29.5 Å². The summed E-state index contributed by atoms with van der Waals surface area (Å²) in [5, 5.41) is 2.97. The van der Waals surface area contributed by atoms with E-state index in [0.717, 1.165) is 6.42 Å². The Morgan fingerprint density at radius 1 is 1.42 bits per heavy atom. The number of halogens is 1. The Bertz CT molecular complexity index is 582. The quantitative estimate of drug-likeness (QED) is 0.865. The summed E-state index contributed by atoms with van der Waals surface area (Å²) < 4.78 is 0.668. The number of aromatic nitrogens is 1. The third-order valence-corrected chi connectivity index (χ3v) is 4.09. The molecule has 0 saturated heterocycles. The molecular formula is C14H15BrN2OS. The molecule has 0 fully saturated rings. The topological polar surface area (TPSA) is 42.0 Å². The van der Waals surface area contributed by atoms with Gasteiger partial charge in [0, 0.05) is 22.2 Å². The molecule has 19 heavy (non-hydrogen) atoms. The first kappa shape index (κ1) is 14.2. The van der Waals surface area contributed by atoms with Gasteiger partial charge in [0.2, 0.25) is 0 Å². The second-order valence-corrected chi connectivity index (χ2v) is 6.62. The number of pyridine rings is 1. The lowest BCUT2D eigenvalue weighted by molar-refractivity contribution is 0.0935. The average molecular weight is 339 g/mol. The number of hydrogen-bond acceptors (Lipinski definition) is 3. The average Bonchev–Trinajstić information content (AvgIpc) is 2.74. The molecule has 2 aromatic heterocycles. The van der Waals surface area contributed by atoms with Gasteiger partial charge in [-0.15, -0.1) is 11.3 Å². The van der Waals surface area contributed by atoms with Gasteiger partial charge in [0.1, 0.15) is 10.3 Å². The maximum Gasteiger partial charge on any atom is 0.270 e. The third-order valence-electron chi connectivity index (χ3n) is 2.63. The summed E-state index contributed by atoms with van der Waals surface area (Å²) in [6.45, 7) is 4.09. The van der Waals surface area contributed by atoms with Crippen molar-refractivity contribution >= 4 is 33.2 Å². The van der Waals surface area contributed by atoms with E-state index in [1.165, 1.54) is 9.75 Å². The molecule has 0 bridgehead atoms. The van der Waals surface area contributed by atoms with Crippen molar-refractivity contribution in [1.29, 1.82) is 0 Å². The van der Waals surface area contributed by atoms with Crippen LogP contribution in [0.1, 0.15) is 27.2 Å². The van der Waals surface area contributed by atoms with Crippen LogP contribution in [-0.4, -0.2) is 16.9 Å². The number of aryl methyl sites for hydroxylation is 1. The fraction of sp³-hybridized carbons (Fsp3) is 0.286. The highest BCUT2D eigenvalue weighted by atomic mass is 79.9. The van der Waals surface area contributed by atoms with Crippen molar-refractivity contribution in [1.82, 2.24) is 10.3 Å². The van der Waals surface area contributed by atoms with Crippen LogP contribution in [0.4, 0.5) is 0 Å². The van der Waals surface area contributed by atoms with Crippen LogP contribution >= 0.6 is 27.3 Å². The minimum absolute atomic E-state index is 0.0892. The highest BCUT2D eigenvalue weighted by molar-refractivity contribution is 9.10. The van der Waals surface area contributed by atoms with Crippen molar-refractivity contribution in [3.63, 3.8) is 0 Å². The zero-order valence-corrected chi connectivity index (χ0v) is 13.2. The molecule has 0 spiro atoms. The van der Waals surface area contributed by atoms with Crippen LogP contribution in [0.2, 0.25) is 0 Å². The standard InChI is InChI=1S/C14H15BrN2OS/c1-9(8-11-7-6-10(2)19-11)16-14(18)12-4-3-5-13(15)17-12/h3-7,9H,8H2,1-2H3,(H,16,18). The van der Waals surface area contributed by atoms with Gasteiger partial charge in [0.15, 0.2) is 0 Å². The molecule has 0 radical (unpaired) electrons. The Kier molecular flexibility index (Phi) is 4.71. The zero-order chi connectivity index (χ0) is 13.8. The van der Waals surface area contributed by atoms with E-state index in [0.29, 0.717) is 10.3 Å². The van der Waals surface area contributed by atoms with Gasteiger partial charge in [0.05, 0.1) is 0 Å². The maximum atomic E-state index is 12.0. The van der Waals surface area contributed by atoms with Crippen molar-refractivity contribution in [3.05, 3.63) is 50.4 Å². The van der Waals surface area contributed by atoms with Crippen LogP contribution in [0.15, 0.2) is 34.9 Å². The van der Waals surface area contributed by atoms with Gasteiger partial charge in [-0.1, -0.05) is 6.07 Å². The molecule has 0 aliphatic carbocycles. The Labute approximate surface area is 125 Å². The number of carbonyl (C=O) groups is 1. The summed E-state index contributed by atoms with van der Waals surface area (Å²) in [7, 11) is 0. The fourth-order valence-corrected chi connectivity index (χ4v) is 3.14. The summed E-state index contributed by atoms with van der Waals surface area (Å²) in [4.78, 5) is 18.7. The van der Waals surface area contributed by atoms with Crippen LogP contribution in [0.25, 0.3) is 0 Å². The molecule has 2 aromatic rings. The van der Waals surface area contributed by atoms with Crippen molar-refractivity contribution in [3.8, 4) is 0 Å². The Hall–Kier alpha value is -1.20. The molecule has 2 rings (SSSR count). The predicted molar refractivity (Wildman–Crippen MR) is 81.6 cm³/mol. The van der Waals surface area contributed by atoms with Crippen LogP contribution in [0, 0.1) is 6.92 Å². The zero-order valence-electron chi connectivity index (χ0n) is 10.8. The molecule has 0 aliphatic rings. The van der Waals surface area contributed by atoms with E-state index in [9.17, 15) is 4.79 Å². The number of carbonyl (C=O) groups excluding carboxylic acids is 1. The molecule has 1 amide bonds. The minimum atomic E-state index is -0.137. The first-order valence-corrected chi connectivity index (χ1v) is 7.64. The molecule has 1 N–H and O–H groups in total. The van der Waals surface area contributed by atoms with E-state index in [1.807, 2.05) is 6.92 Å². The molecule has 0 aromatic carbocycles. The van der Waals surface area contributed by atoms with Gasteiger partial charge in [-0.3, -0.25) is 4.79 Å². The van der Waals surface area contributed by atoms with Gasteiger partial charge < -0.3 is 5.32 Å². The van der Waals surface area contributed by atoms with Gasteiger partial charge in [-0.25, -0.2) is 4.98 Å². The minimum Gasteiger partial charge on any atom is -0.348 e. The molecule has 100 valence electrons. The molecule has 0 saturated carbocycles. The van der Waals surface area contributed by atoms with E-state index < -0.39 is 0 Å². The second-order valence-electron chi connectivity index (χ2n) is 4.44. The summed E-state index contributed by atoms with van der Waals surface area (Å²) in [5.41, 5.74) is 0.434. The van der Waals surface area contributed by atoms with Crippen LogP contribution in [0.3, 0.4) is 0 Å². The summed E-state index contributed by atoms with van der Waals surface area (Å²) >= 11 is 5.03. The summed E-state index contributed by atoms with van der Waals surface area (Å²) in [6, 6.07) is 9.62. The summed E-state index contributed by atoms with van der Waals surface area (Å²) in [6.07, 6.45) is 0.845. The molecule has 2 heterocycles. The van der Waals surface area contributed by atoms with Gasteiger partial charge in [0.25, 0.3) is 5.91 Å². The molecule has 1 atom stereocenters. The van der Waals surface area contributed by atoms with E-state index >= 15 is 0 Å². The number of hydrogen-bond donors (Lipinski definition) is 1. The maximum absolute atomic E-state index is 12.0. The molecule has 3 nitrogen and oxygen atoms in total. The van der Waals surface area contributed by atoms with Crippen LogP contribution in [-0.2, 0) is 6.42 Å². The predicted octanol–water partition coefficient (Wildman–Crippen LogP) is 3.58. The van der Waals surface area contributed by atoms with E-state index in [4.69, 9.17) is 0 Å². The largest absolute Gasteiger partial charge is 0.348 e. The van der Waals surface area contributed by atoms with Crippen molar-refractivity contribution in [2.75, 3.05) is 0 Å². The lowest BCUT2D eigenvalue weighted by atomic mass is 10.2. The highest BCUT2D eigenvalue weighted by Crippen LogP contribution is 2.16. The van der Waals surface area contributed by atoms with Crippen molar-refractivity contribution < 1.29 is 4.79 Å². The number of thiophene rings is 1. The number of rotatable bonds is 4. The van der Waals surface area contributed by atoms with Crippen LogP contribution < -0.4 is 5.32 Å². The second kappa shape index (κ2) is 6.30. The monoisotopic (exact) mass is 338 g/mol. The fourth-order valence-electron chi connectivity index (χ4n) is 1.78. The number of amides is 1. The smallest absolute Gasteiger partial charge is 0.270 e. The number of nitrogens with one attached hydrogen (secondary N) is 1. The molecular weight excluding hydrogens is 324 g/mol. The summed E-state index contributed by atoms with van der Waals surface area (Å²) in [5.74, 6) is -0.137. The SMILES string of the molecule is Cc1ccc(CC(C)NC(=O)c2cccc(Br)n2)s1. The van der Waals surface area contributed by atoms with Crippen molar-refractivity contribution in [2.45, 2.75) is 26.3 Å². The Balaban J connectivity index is 1.95. The lowest BCUT2D eigenvalue weighted by Crippen LogP contribution is -2.34. The lowest BCUT2D eigenvalue weighted by Gasteiger charge is -2.12. The van der Waals surface area contributed by atoms with E-state index in [2.05, 4.69) is 45.3 Å². The van der Waals surface area contributed by atoms with Gasteiger partial charge >= 0.3 is 0 Å². The van der Waals surface area contributed by atoms with Gasteiger partial charge in [-0.05, 0) is 54.0 Å². The van der Waals surface area contributed by atoms with Gasteiger partial charge in [-0.2, -0.15) is 0 Å². The normalized spacial score (nSPS) is 12.2. The van der Waals surface area contributed by atoms with Crippen molar-refractivity contribution in [2.24, 2.45) is 0 Å². The molecule has 5 heteroatoms. The third kappa shape index (κ3) is 4.14. The Morgan fingerprint density at radius 3 is 2.84 bits per heavy atom.